The zero-order chi connectivity index (χ0) is 11.1. The maximum Gasteiger partial charge on any atom is 0.246 e. The summed E-state index contributed by atoms with van der Waals surface area (Å²) in [6, 6.07) is 1.96. The monoisotopic (exact) mass is 228 g/mol. The summed E-state index contributed by atoms with van der Waals surface area (Å²) in [7, 11) is 0. The van der Waals surface area contributed by atoms with E-state index in [9.17, 15) is 9.59 Å². The standard InChI is InChI=1S/C9H12N2O3S/c10-8(12)5-14-11-9(13)2-1-7-3-4-15-6-7/h3-4,6H,1-2,5H2,(H2,10,12)(H,11,13). The van der Waals surface area contributed by atoms with E-state index in [2.05, 4.69) is 10.3 Å². The minimum Gasteiger partial charge on any atom is -0.368 e. The lowest BCUT2D eigenvalue weighted by atomic mass is 10.2. The second-order valence-corrected chi connectivity index (χ2v) is 3.69. The van der Waals surface area contributed by atoms with Crippen LogP contribution in [0.2, 0.25) is 0 Å². The van der Waals surface area contributed by atoms with Crippen LogP contribution in [0.25, 0.3) is 0 Å². The van der Waals surface area contributed by atoms with E-state index in [1.165, 1.54) is 0 Å². The molecule has 2 amide bonds. The quantitative estimate of drug-likeness (QED) is 0.683. The molecular formula is C9H12N2O3S. The smallest absolute Gasteiger partial charge is 0.246 e. The number of hydroxylamine groups is 1. The Morgan fingerprint density at radius 1 is 1.53 bits per heavy atom. The van der Waals surface area contributed by atoms with Crippen molar-refractivity contribution in [3.05, 3.63) is 22.4 Å². The number of hydrogen-bond acceptors (Lipinski definition) is 4. The maximum absolute atomic E-state index is 11.1. The van der Waals surface area contributed by atoms with Crippen molar-refractivity contribution in [2.24, 2.45) is 5.73 Å². The minimum absolute atomic E-state index is 0.262. The molecule has 1 rings (SSSR count). The van der Waals surface area contributed by atoms with Crippen molar-refractivity contribution in [1.82, 2.24) is 5.48 Å². The molecule has 6 heteroatoms. The van der Waals surface area contributed by atoms with Gasteiger partial charge < -0.3 is 5.73 Å². The molecule has 0 saturated heterocycles. The minimum atomic E-state index is -0.617. The third-order valence-electron chi connectivity index (χ3n) is 1.62. The van der Waals surface area contributed by atoms with Crippen LogP contribution in [-0.2, 0) is 20.8 Å². The third-order valence-corrected chi connectivity index (χ3v) is 2.35. The number of hydrogen-bond donors (Lipinski definition) is 2. The van der Waals surface area contributed by atoms with Crippen molar-refractivity contribution >= 4 is 23.2 Å². The fourth-order valence-electron chi connectivity index (χ4n) is 0.932. The highest BCUT2D eigenvalue weighted by Crippen LogP contribution is 2.07. The van der Waals surface area contributed by atoms with Crippen LogP contribution < -0.4 is 11.2 Å². The molecule has 82 valence electrons. The Morgan fingerprint density at radius 2 is 2.33 bits per heavy atom. The number of aryl methyl sites for hydroxylation is 1. The van der Waals surface area contributed by atoms with Crippen molar-refractivity contribution in [3.63, 3.8) is 0 Å². The van der Waals surface area contributed by atoms with Crippen LogP contribution in [0.1, 0.15) is 12.0 Å². The van der Waals surface area contributed by atoms with Gasteiger partial charge in [0, 0.05) is 6.42 Å². The van der Waals surface area contributed by atoms with Gasteiger partial charge in [-0.3, -0.25) is 14.4 Å². The number of rotatable bonds is 6. The van der Waals surface area contributed by atoms with E-state index < -0.39 is 5.91 Å². The van der Waals surface area contributed by atoms with Gasteiger partial charge in [-0.05, 0) is 28.8 Å². The Kier molecular flexibility index (Phi) is 4.79. The number of primary amides is 1. The molecule has 1 aromatic heterocycles. The molecule has 0 aliphatic rings. The number of amides is 2. The van der Waals surface area contributed by atoms with Crippen LogP contribution in [0.4, 0.5) is 0 Å². The molecule has 0 radical (unpaired) electrons. The van der Waals surface area contributed by atoms with Crippen molar-refractivity contribution < 1.29 is 14.4 Å². The van der Waals surface area contributed by atoms with Gasteiger partial charge in [-0.25, -0.2) is 5.48 Å². The Balaban J connectivity index is 2.11. The van der Waals surface area contributed by atoms with E-state index in [-0.39, 0.29) is 12.5 Å². The number of carbonyl (C=O) groups excluding carboxylic acids is 2. The number of thiophene rings is 1. The largest absolute Gasteiger partial charge is 0.368 e. The van der Waals surface area contributed by atoms with Gasteiger partial charge in [0.05, 0.1) is 0 Å². The molecule has 0 aliphatic heterocycles. The molecule has 0 unspecified atom stereocenters. The van der Waals surface area contributed by atoms with Crippen LogP contribution in [0.5, 0.6) is 0 Å². The summed E-state index contributed by atoms with van der Waals surface area (Å²) in [5, 5.41) is 3.94. The molecule has 0 atom stereocenters. The Bertz CT molecular complexity index is 324. The highest BCUT2D eigenvalue weighted by molar-refractivity contribution is 7.07. The molecule has 0 aromatic carbocycles. The van der Waals surface area contributed by atoms with E-state index in [1.807, 2.05) is 16.8 Å². The molecular weight excluding hydrogens is 216 g/mol. The first-order chi connectivity index (χ1) is 7.18. The number of nitrogens with two attached hydrogens (primary N) is 1. The highest BCUT2D eigenvalue weighted by atomic mass is 32.1. The summed E-state index contributed by atoms with van der Waals surface area (Å²) in [5.74, 6) is -0.879. The van der Waals surface area contributed by atoms with Gasteiger partial charge in [-0.1, -0.05) is 0 Å². The topological polar surface area (TPSA) is 81.4 Å². The molecule has 0 aliphatic carbocycles. The van der Waals surface area contributed by atoms with Crippen molar-refractivity contribution in [1.29, 1.82) is 0 Å². The molecule has 0 saturated carbocycles. The van der Waals surface area contributed by atoms with Crippen LogP contribution in [0.3, 0.4) is 0 Å². The Morgan fingerprint density at radius 3 is 2.93 bits per heavy atom. The highest BCUT2D eigenvalue weighted by Gasteiger charge is 2.03. The van der Waals surface area contributed by atoms with Crippen LogP contribution in [-0.4, -0.2) is 18.4 Å². The second-order valence-electron chi connectivity index (χ2n) is 2.91. The first-order valence-electron chi connectivity index (χ1n) is 4.38. The van der Waals surface area contributed by atoms with Gasteiger partial charge in [0.15, 0.2) is 6.61 Å². The van der Waals surface area contributed by atoms with Gasteiger partial charge in [0.25, 0.3) is 0 Å². The summed E-state index contributed by atoms with van der Waals surface area (Å²) in [6.07, 6.45) is 0.991. The fourth-order valence-corrected chi connectivity index (χ4v) is 1.63. The maximum atomic E-state index is 11.1. The molecule has 1 aromatic rings. The van der Waals surface area contributed by atoms with Gasteiger partial charge >= 0.3 is 0 Å². The summed E-state index contributed by atoms with van der Waals surface area (Å²) >= 11 is 1.59. The van der Waals surface area contributed by atoms with E-state index >= 15 is 0 Å². The third kappa shape index (κ3) is 5.14. The lowest BCUT2D eigenvalue weighted by Crippen LogP contribution is -2.29. The van der Waals surface area contributed by atoms with Crippen LogP contribution in [0.15, 0.2) is 16.8 Å². The van der Waals surface area contributed by atoms with Crippen molar-refractivity contribution in [2.45, 2.75) is 12.8 Å². The Hall–Kier alpha value is -1.40. The van der Waals surface area contributed by atoms with Crippen LogP contribution >= 0.6 is 11.3 Å². The second kappa shape index (κ2) is 6.15. The molecule has 0 spiro atoms. The first-order valence-corrected chi connectivity index (χ1v) is 5.33. The zero-order valence-electron chi connectivity index (χ0n) is 8.06. The molecule has 1 heterocycles. The number of nitrogens with one attached hydrogen (secondary N) is 1. The molecule has 0 bridgehead atoms. The van der Waals surface area contributed by atoms with Crippen molar-refractivity contribution in [3.8, 4) is 0 Å². The van der Waals surface area contributed by atoms with E-state index in [0.29, 0.717) is 12.8 Å². The summed E-state index contributed by atoms with van der Waals surface area (Å²) in [6.45, 7) is -0.301. The summed E-state index contributed by atoms with van der Waals surface area (Å²) in [5.41, 5.74) is 8.07. The number of carbonyl (C=O) groups is 2. The average molecular weight is 228 g/mol. The lowest BCUT2D eigenvalue weighted by Gasteiger charge is -2.02. The van der Waals surface area contributed by atoms with Gasteiger partial charge in [0.1, 0.15) is 0 Å². The SMILES string of the molecule is NC(=O)CONC(=O)CCc1ccsc1. The molecule has 0 fully saturated rings. The van der Waals surface area contributed by atoms with Crippen LogP contribution in [0, 0.1) is 0 Å². The predicted molar refractivity (Wildman–Crippen MR) is 55.9 cm³/mol. The molecule has 3 N–H and O–H groups in total. The van der Waals surface area contributed by atoms with E-state index in [1.54, 1.807) is 11.3 Å². The molecule has 5 nitrogen and oxygen atoms in total. The van der Waals surface area contributed by atoms with Gasteiger partial charge in [0.2, 0.25) is 11.8 Å². The van der Waals surface area contributed by atoms with E-state index in [0.717, 1.165) is 5.56 Å². The predicted octanol–water partition coefficient (Wildman–Crippen LogP) is 0.214. The van der Waals surface area contributed by atoms with Gasteiger partial charge in [-0.15, -0.1) is 0 Å². The normalized spacial score (nSPS) is 9.87. The molecule has 15 heavy (non-hydrogen) atoms. The summed E-state index contributed by atoms with van der Waals surface area (Å²) < 4.78 is 0. The zero-order valence-corrected chi connectivity index (χ0v) is 8.88. The van der Waals surface area contributed by atoms with Crippen molar-refractivity contribution in [2.75, 3.05) is 6.61 Å². The first kappa shape index (κ1) is 11.7. The summed E-state index contributed by atoms with van der Waals surface area (Å²) in [4.78, 5) is 26.0. The average Bonchev–Trinajstić information content (AvgIpc) is 2.66. The van der Waals surface area contributed by atoms with E-state index in [4.69, 9.17) is 5.73 Å². The Labute approximate surface area is 91.2 Å². The lowest BCUT2D eigenvalue weighted by molar-refractivity contribution is -0.137. The van der Waals surface area contributed by atoms with Gasteiger partial charge in [-0.2, -0.15) is 11.3 Å². The fraction of sp³-hybridized carbons (Fsp3) is 0.333.